The molecule has 0 radical (unpaired) electrons. The van der Waals surface area contributed by atoms with Gasteiger partial charge in [-0.15, -0.1) is 0 Å². The summed E-state index contributed by atoms with van der Waals surface area (Å²) in [7, 11) is 1.78. The first-order chi connectivity index (χ1) is 17.2. The summed E-state index contributed by atoms with van der Waals surface area (Å²) in [5, 5.41) is 7.58. The fraction of sp³-hybridized carbons (Fsp3) is 0.407. The summed E-state index contributed by atoms with van der Waals surface area (Å²) in [6.45, 7) is 9.18. The number of amides is 1. The SMILES string of the molecule is Cc1nc2cc(c1F)C(=O)/N=C1\Nc3ccc(C(C)C)cc3N1C[C@H](C)CCCOc1c-2cnn1C. The first kappa shape index (κ1) is 24.0. The molecule has 0 fully saturated rings. The number of aromatic nitrogens is 3. The Hall–Kier alpha value is -3.75. The lowest BCUT2D eigenvalue weighted by atomic mass is 10.0. The van der Waals surface area contributed by atoms with Crippen molar-refractivity contribution in [2.24, 2.45) is 18.0 Å². The van der Waals surface area contributed by atoms with Gasteiger partial charge in [-0.05, 0) is 55.4 Å². The van der Waals surface area contributed by atoms with Crippen molar-refractivity contribution >= 4 is 23.2 Å². The molecule has 0 unspecified atom stereocenters. The van der Waals surface area contributed by atoms with Crippen molar-refractivity contribution in [2.75, 3.05) is 23.4 Å². The lowest BCUT2D eigenvalue weighted by molar-refractivity contribution is 0.0998. The van der Waals surface area contributed by atoms with E-state index in [1.54, 1.807) is 24.9 Å². The van der Waals surface area contributed by atoms with Gasteiger partial charge in [0.15, 0.2) is 5.82 Å². The lowest BCUT2D eigenvalue weighted by Crippen LogP contribution is -2.35. The molecule has 0 saturated carbocycles. The number of halogens is 1. The van der Waals surface area contributed by atoms with E-state index in [1.165, 1.54) is 11.6 Å². The number of hydrogen-bond donors (Lipinski definition) is 1. The van der Waals surface area contributed by atoms with Gasteiger partial charge in [0.25, 0.3) is 5.91 Å². The maximum atomic E-state index is 15.2. The standard InChI is InChI=1S/C27H31FN6O2/c1-15(2)18-8-9-21-23(11-18)34-14-16(3)7-6-10-36-26-20(13-29-33(26)5)22-12-19(24(28)17(4)30-22)25(35)32-27(34)31-21/h8-9,11-13,15-16H,6-7,10,14H2,1-5H3,(H,31,32,35)/t16-/m1/s1. The molecule has 188 valence electrons. The number of carbonyl (C=O) groups excluding carboxylic acids is 1. The molecule has 5 rings (SSSR count). The second-order valence-corrected chi connectivity index (χ2v) is 9.94. The van der Waals surface area contributed by atoms with Gasteiger partial charge in [-0.1, -0.05) is 26.8 Å². The first-order valence-corrected chi connectivity index (χ1v) is 12.4. The summed E-state index contributed by atoms with van der Waals surface area (Å²) >= 11 is 0. The molecule has 1 aromatic carbocycles. The Labute approximate surface area is 210 Å². The summed E-state index contributed by atoms with van der Waals surface area (Å²) in [6, 6.07) is 7.67. The van der Waals surface area contributed by atoms with E-state index in [0.717, 1.165) is 24.2 Å². The highest BCUT2D eigenvalue weighted by atomic mass is 19.1. The number of carbonyl (C=O) groups is 1. The van der Waals surface area contributed by atoms with Gasteiger partial charge in [-0.3, -0.25) is 4.79 Å². The fourth-order valence-electron chi connectivity index (χ4n) is 4.70. The van der Waals surface area contributed by atoms with Crippen molar-refractivity contribution in [1.82, 2.24) is 14.8 Å². The molecule has 2 bridgehead atoms. The number of aryl methyl sites for hydroxylation is 2. The molecule has 4 heterocycles. The van der Waals surface area contributed by atoms with E-state index in [1.807, 2.05) is 11.0 Å². The second-order valence-electron chi connectivity index (χ2n) is 9.94. The molecular weight excluding hydrogens is 459 g/mol. The van der Waals surface area contributed by atoms with Crippen LogP contribution in [0.1, 0.15) is 61.1 Å². The zero-order chi connectivity index (χ0) is 25.6. The van der Waals surface area contributed by atoms with Gasteiger partial charge in [0, 0.05) is 13.6 Å². The van der Waals surface area contributed by atoms with Crippen LogP contribution in [0, 0.1) is 18.7 Å². The maximum Gasteiger partial charge on any atom is 0.283 e. The molecular formula is C27H31FN6O2. The highest BCUT2D eigenvalue weighted by Gasteiger charge is 2.29. The predicted molar refractivity (Wildman–Crippen MR) is 138 cm³/mol. The molecule has 0 saturated heterocycles. The molecule has 1 amide bonds. The van der Waals surface area contributed by atoms with Crippen molar-refractivity contribution < 1.29 is 13.9 Å². The number of nitrogens with one attached hydrogen (secondary N) is 1. The zero-order valence-electron chi connectivity index (χ0n) is 21.3. The predicted octanol–water partition coefficient (Wildman–Crippen LogP) is 5.29. The van der Waals surface area contributed by atoms with Crippen molar-refractivity contribution in [2.45, 2.75) is 46.5 Å². The van der Waals surface area contributed by atoms with E-state index < -0.39 is 11.7 Å². The molecule has 1 atom stereocenters. The van der Waals surface area contributed by atoms with Crippen molar-refractivity contribution in [1.29, 1.82) is 0 Å². The molecule has 2 aliphatic heterocycles. The highest BCUT2D eigenvalue weighted by molar-refractivity contribution is 6.19. The number of anilines is 2. The Balaban J connectivity index is 1.63. The lowest BCUT2D eigenvalue weighted by Gasteiger charge is -2.23. The van der Waals surface area contributed by atoms with E-state index in [2.05, 4.69) is 53.3 Å². The van der Waals surface area contributed by atoms with E-state index in [0.29, 0.717) is 48.1 Å². The summed E-state index contributed by atoms with van der Waals surface area (Å²) in [4.78, 5) is 24.2. The number of ether oxygens (including phenoxy) is 1. The number of pyridine rings is 1. The Bertz CT molecular complexity index is 1360. The summed E-state index contributed by atoms with van der Waals surface area (Å²) in [5.41, 5.74) is 4.07. The van der Waals surface area contributed by atoms with E-state index in [4.69, 9.17) is 4.74 Å². The third-order valence-corrected chi connectivity index (χ3v) is 6.78. The van der Waals surface area contributed by atoms with Crippen LogP contribution >= 0.6 is 0 Å². The van der Waals surface area contributed by atoms with Crippen LogP contribution in [0.25, 0.3) is 11.3 Å². The molecule has 36 heavy (non-hydrogen) atoms. The minimum atomic E-state index is -0.679. The molecule has 9 heteroatoms. The smallest absolute Gasteiger partial charge is 0.283 e. The summed E-state index contributed by atoms with van der Waals surface area (Å²) in [6.07, 6.45) is 3.39. The minimum absolute atomic E-state index is 0.116. The topological polar surface area (TPSA) is 84.6 Å². The largest absolute Gasteiger partial charge is 0.477 e. The van der Waals surface area contributed by atoms with Crippen LogP contribution in [0.5, 0.6) is 5.88 Å². The molecule has 1 N–H and O–H groups in total. The number of nitrogens with zero attached hydrogens (tertiary/aromatic N) is 5. The van der Waals surface area contributed by atoms with Crippen molar-refractivity contribution in [3.63, 3.8) is 0 Å². The number of hydrogen-bond acceptors (Lipinski definition) is 6. The van der Waals surface area contributed by atoms with Crippen LogP contribution in [-0.4, -0.2) is 39.8 Å². The molecule has 2 aromatic heterocycles. The third kappa shape index (κ3) is 4.34. The van der Waals surface area contributed by atoms with Gasteiger partial charge < -0.3 is 15.0 Å². The average Bonchev–Trinajstić information content (AvgIpc) is 3.37. The number of guanidine groups is 1. The highest BCUT2D eigenvalue weighted by Crippen LogP contribution is 2.37. The van der Waals surface area contributed by atoms with Gasteiger partial charge in [-0.25, -0.2) is 14.1 Å². The average molecular weight is 491 g/mol. The normalized spacial score (nSPS) is 19.3. The Morgan fingerprint density at radius 1 is 1.22 bits per heavy atom. The Morgan fingerprint density at radius 2 is 2.03 bits per heavy atom. The van der Waals surface area contributed by atoms with Gasteiger partial charge in [-0.2, -0.15) is 10.1 Å². The molecule has 2 aliphatic rings. The van der Waals surface area contributed by atoms with Crippen molar-refractivity contribution in [3.8, 4) is 17.1 Å². The maximum absolute atomic E-state index is 15.2. The van der Waals surface area contributed by atoms with Crippen LogP contribution in [0.4, 0.5) is 15.8 Å². The van der Waals surface area contributed by atoms with E-state index >= 15 is 4.39 Å². The van der Waals surface area contributed by atoms with Crippen LogP contribution in [0.15, 0.2) is 35.5 Å². The first-order valence-electron chi connectivity index (χ1n) is 12.4. The summed E-state index contributed by atoms with van der Waals surface area (Å²) in [5.74, 6) is 0.255. The molecule has 0 aliphatic carbocycles. The molecule has 0 spiro atoms. The Morgan fingerprint density at radius 3 is 2.81 bits per heavy atom. The number of benzene rings is 1. The Kier molecular flexibility index (Phi) is 6.24. The monoisotopic (exact) mass is 490 g/mol. The zero-order valence-corrected chi connectivity index (χ0v) is 21.3. The van der Waals surface area contributed by atoms with Gasteiger partial charge in [0.1, 0.15) is 0 Å². The molecule has 3 aromatic rings. The minimum Gasteiger partial charge on any atom is -0.477 e. The number of fused-ring (bicyclic) bond motifs is 7. The van der Waals surface area contributed by atoms with Gasteiger partial charge in [0.05, 0.1) is 46.7 Å². The number of rotatable bonds is 1. The van der Waals surface area contributed by atoms with E-state index in [9.17, 15) is 4.79 Å². The number of aliphatic imine (C=N–C) groups is 1. The second kappa shape index (κ2) is 9.37. The van der Waals surface area contributed by atoms with Crippen LogP contribution in [0.2, 0.25) is 0 Å². The van der Waals surface area contributed by atoms with Crippen LogP contribution in [0.3, 0.4) is 0 Å². The third-order valence-electron chi connectivity index (χ3n) is 6.78. The summed E-state index contributed by atoms with van der Waals surface area (Å²) < 4.78 is 22.9. The van der Waals surface area contributed by atoms with Crippen molar-refractivity contribution in [3.05, 3.63) is 53.1 Å². The van der Waals surface area contributed by atoms with Gasteiger partial charge in [0.2, 0.25) is 11.8 Å². The fourth-order valence-corrected chi connectivity index (χ4v) is 4.70. The quantitative estimate of drug-likeness (QED) is 0.499. The van der Waals surface area contributed by atoms with Gasteiger partial charge >= 0.3 is 0 Å². The van der Waals surface area contributed by atoms with Crippen LogP contribution in [-0.2, 0) is 7.05 Å². The van der Waals surface area contributed by atoms with Crippen LogP contribution < -0.4 is 15.0 Å². The van der Waals surface area contributed by atoms with E-state index in [-0.39, 0.29) is 11.3 Å². The molecule has 8 nitrogen and oxygen atoms in total.